The molecule has 0 aromatic carbocycles. The van der Waals surface area contributed by atoms with Crippen molar-refractivity contribution in [2.75, 3.05) is 12.5 Å². The third-order valence-corrected chi connectivity index (χ3v) is 0.463. The third-order valence-electron chi connectivity index (χ3n) is 0.154. The minimum absolute atomic E-state index is 0. The fourth-order valence-electron chi connectivity index (χ4n) is 0.0292. The molecule has 4 heteroatoms. The van der Waals surface area contributed by atoms with Gasteiger partial charge in [0.2, 0.25) is 0 Å². The van der Waals surface area contributed by atoms with E-state index in [0.29, 0.717) is 12.5 Å². The fourth-order valence-corrected chi connectivity index (χ4v) is 0.262. The van der Waals surface area contributed by atoms with Gasteiger partial charge in [0, 0.05) is 5.88 Å². The van der Waals surface area contributed by atoms with Gasteiger partial charge in [0.1, 0.15) is 0 Å². The van der Waals surface area contributed by atoms with Crippen molar-refractivity contribution in [2.45, 2.75) is 0 Å². The molecule has 0 fully saturated rings. The van der Waals surface area contributed by atoms with E-state index in [1.54, 1.807) is 0 Å². The summed E-state index contributed by atoms with van der Waals surface area (Å²) in [7, 11) is 0. The molecule has 1 nitrogen and oxygen atoms in total. The van der Waals surface area contributed by atoms with Crippen molar-refractivity contribution >= 4 is 46.5 Å². The Bertz CT molecular complexity index is 19.0. The first kappa shape index (κ1) is 10.3. The van der Waals surface area contributed by atoms with E-state index < -0.39 is 0 Å². The van der Waals surface area contributed by atoms with Gasteiger partial charge in [0.25, 0.3) is 0 Å². The van der Waals surface area contributed by atoms with Crippen molar-refractivity contribution in [1.29, 1.82) is 0 Å². The summed E-state index contributed by atoms with van der Waals surface area (Å²) in [5.74, 6) is 0.462. The van der Waals surface area contributed by atoms with Crippen molar-refractivity contribution in [3.63, 3.8) is 0 Å². The lowest BCUT2D eigenvalue weighted by Crippen LogP contribution is -1.80. The first-order valence-corrected chi connectivity index (χ1v) is 2.05. The summed E-state index contributed by atoms with van der Waals surface area (Å²) >= 11 is 9.81. The monoisotopic (exact) mass is 140 g/mol. The summed E-state index contributed by atoms with van der Waals surface area (Å²) in [6.45, 7) is 0.420. The molecule has 6 heavy (non-hydrogen) atoms. The smallest absolute Gasteiger partial charge is 0.278 e. The first-order chi connectivity index (χ1) is 2.41. The molecule has 0 aromatic rings. The number of halogens is 2. The second-order valence-corrected chi connectivity index (χ2v) is 1.10. The Balaban J connectivity index is 0. The lowest BCUT2D eigenvalue weighted by atomic mass is 10.9. The molecule has 0 unspecified atom stereocenters. The van der Waals surface area contributed by atoms with Crippen LogP contribution in [-0.4, -0.2) is 35.5 Å². The summed E-state index contributed by atoms with van der Waals surface area (Å²) < 4.78 is 4.03. The van der Waals surface area contributed by atoms with E-state index in [2.05, 4.69) is 4.29 Å². The van der Waals surface area contributed by atoms with Crippen molar-refractivity contribution in [1.82, 2.24) is 0 Å². The zero-order valence-corrected chi connectivity index (χ0v) is 4.09. The zero-order valence-electron chi connectivity index (χ0n) is 2.58. The highest BCUT2D eigenvalue weighted by atomic mass is 35.5. The maximum Gasteiger partial charge on any atom is 0.316 e. The van der Waals surface area contributed by atoms with Crippen LogP contribution in [0.5, 0.6) is 0 Å². The van der Waals surface area contributed by atoms with Crippen LogP contribution in [0, 0.1) is 0 Å². The van der Waals surface area contributed by atoms with Gasteiger partial charge in [-0.05, 0) is 0 Å². The molecule has 0 radical (unpaired) electrons. The summed E-state index contributed by atoms with van der Waals surface area (Å²) in [5.41, 5.74) is 0. The zero-order chi connectivity index (χ0) is 4.12. The average molecular weight is 141 g/mol. The molecule has 0 bridgehead atoms. The molecular formula is C2H6Cl2MgO. The van der Waals surface area contributed by atoms with Crippen LogP contribution in [0.25, 0.3) is 0 Å². The molecule has 0 N–H and O–H groups in total. The molecule has 36 valence electrons. The highest BCUT2D eigenvalue weighted by Gasteiger charge is 1.71. The van der Waals surface area contributed by atoms with Gasteiger partial charge in [-0.1, -0.05) is 0 Å². The summed E-state index contributed by atoms with van der Waals surface area (Å²) in [4.78, 5) is 0. The van der Waals surface area contributed by atoms with Gasteiger partial charge in [-0.15, -0.1) is 11.6 Å². The Morgan fingerprint density at radius 3 is 2.00 bits per heavy atom. The molecule has 0 saturated carbocycles. The van der Waals surface area contributed by atoms with Crippen LogP contribution < -0.4 is 0 Å². The highest BCUT2D eigenvalue weighted by molar-refractivity contribution is 6.18. The summed E-state index contributed by atoms with van der Waals surface area (Å²) in [6.07, 6.45) is 0. The molecule has 0 heterocycles. The second kappa shape index (κ2) is 9.58. The van der Waals surface area contributed by atoms with Crippen LogP contribution >= 0.6 is 23.5 Å². The molecule has 0 aliphatic heterocycles. The van der Waals surface area contributed by atoms with E-state index in [1.165, 1.54) is 0 Å². The Hall–Kier alpha value is 1.31. The van der Waals surface area contributed by atoms with Crippen LogP contribution in [0.4, 0.5) is 0 Å². The number of alkyl halides is 1. The van der Waals surface area contributed by atoms with Gasteiger partial charge in [0.05, 0.1) is 18.5 Å². The van der Waals surface area contributed by atoms with Gasteiger partial charge in [0.15, 0.2) is 0 Å². The fraction of sp³-hybridized carbons (Fsp3) is 1.00. The number of hydrogen-bond acceptors (Lipinski definition) is 1. The Labute approximate surface area is 63.3 Å². The van der Waals surface area contributed by atoms with E-state index in [9.17, 15) is 0 Å². The van der Waals surface area contributed by atoms with Crippen LogP contribution in [0.1, 0.15) is 0 Å². The molecule has 0 aliphatic carbocycles. The van der Waals surface area contributed by atoms with E-state index in [0.717, 1.165) is 0 Å². The molecular weight excluding hydrogens is 135 g/mol. The molecule has 0 saturated heterocycles. The lowest BCUT2D eigenvalue weighted by molar-refractivity contribution is 0.381. The second-order valence-electron chi connectivity index (χ2n) is 0.502. The Kier molecular flexibility index (Phi) is 16.5. The number of rotatable bonds is 2. The maximum absolute atomic E-state index is 5.09. The first-order valence-electron chi connectivity index (χ1n) is 1.21. The maximum atomic E-state index is 5.09. The largest absolute Gasteiger partial charge is 0.316 e. The summed E-state index contributed by atoms with van der Waals surface area (Å²) in [6, 6.07) is 0. The van der Waals surface area contributed by atoms with Crippen molar-refractivity contribution in [2.24, 2.45) is 0 Å². The van der Waals surface area contributed by atoms with Crippen LogP contribution in [-0.2, 0) is 4.29 Å². The molecule has 0 spiro atoms. The normalized spacial score (nSPS) is 7.00. The lowest BCUT2D eigenvalue weighted by Gasteiger charge is -1.78. The predicted molar refractivity (Wildman–Crippen MR) is 31.1 cm³/mol. The Morgan fingerprint density at radius 1 is 1.50 bits per heavy atom. The van der Waals surface area contributed by atoms with Gasteiger partial charge in [-0.25, -0.2) is 0 Å². The molecule has 0 rings (SSSR count). The van der Waals surface area contributed by atoms with E-state index >= 15 is 0 Å². The number of hydrogen-bond donors (Lipinski definition) is 0. The summed E-state index contributed by atoms with van der Waals surface area (Å²) in [5, 5.41) is 0. The molecule has 0 aliphatic rings. The Morgan fingerprint density at radius 2 is 2.00 bits per heavy atom. The van der Waals surface area contributed by atoms with Crippen molar-refractivity contribution in [3.8, 4) is 0 Å². The third kappa shape index (κ3) is 9.00. The van der Waals surface area contributed by atoms with Crippen LogP contribution in [0.15, 0.2) is 0 Å². The van der Waals surface area contributed by atoms with E-state index in [1.807, 2.05) is 0 Å². The minimum Gasteiger partial charge on any atom is -0.278 e. The van der Waals surface area contributed by atoms with Gasteiger partial charge in [-0.2, -0.15) is 0 Å². The van der Waals surface area contributed by atoms with Gasteiger partial charge >= 0.3 is 23.1 Å². The van der Waals surface area contributed by atoms with Gasteiger partial charge < -0.3 is 0 Å². The van der Waals surface area contributed by atoms with Crippen LogP contribution in [0.2, 0.25) is 0 Å². The molecule has 0 aromatic heterocycles. The average Bonchev–Trinajstić information content (AvgIpc) is 1.41. The molecule has 0 atom stereocenters. The van der Waals surface area contributed by atoms with Crippen LogP contribution in [0.3, 0.4) is 0 Å². The predicted octanol–water partition coefficient (Wildman–Crippen LogP) is 0.479. The SMILES string of the molecule is ClCCOCl.[MgH2]. The minimum atomic E-state index is 0. The van der Waals surface area contributed by atoms with Crippen molar-refractivity contribution in [3.05, 3.63) is 0 Å². The highest BCUT2D eigenvalue weighted by Crippen LogP contribution is 1.79. The van der Waals surface area contributed by atoms with E-state index in [4.69, 9.17) is 23.5 Å². The van der Waals surface area contributed by atoms with Crippen molar-refractivity contribution < 1.29 is 4.29 Å². The standard InChI is InChI=1S/C2H4Cl2O.Mg.2H/c3-1-2-5-4;;;/h1-2H2;;;. The van der Waals surface area contributed by atoms with E-state index in [-0.39, 0.29) is 23.1 Å². The topological polar surface area (TPSA) is 9.23 Å². The quantitative estimate of drug-likeness (QED) is 0.401. The molecule has 0 amide bonds. The van der Waals surface area contributed by atoms with Gasteiger partial charge in [-0.3, -0.25) is 4.29 Å².